The average molecular weight is 414 g/mol. The summed E-state index contributed by atoms with van der Waals surface area (Å²) in [5, 5.41) is 0. The molecule has 0 aromatic carbocycles. The van der Waals surface area contributed by atoms with Gasteiger partial charge in [0.2, 0.25) is 0 Å². The van der Waals surface area contributed by atoms with E-state index in [-0.39, 0.29) is 34.0 Å². The second-order valence-corrected chi connectivity index (χ2v) is 4.66. The maximum absolute atomic E-state index is 4.66. The van der Waals surface area contributed by atoms with E-state index in [1.54, 1.807) is 0 Å². The minimum atomic E-state index is 0. The molecule has 0 aromatic rings. The van der Waals surface area contributed by atoms with E-state index < -0.39 is 0 Å². The summed E-state index contributed by atoms with van der Waals surface area (Å²) in [6.45, 7) is 6.50. The Hall–Kier alpha value is 0.628. The molecule has 0 bridgehead atoms. The van der Waals surface area contributed by atoms with E-state index >= 15 is 0 Å². The van der Waals surface area contributed by atoms with E-state index in [9.17, 15) is 0 Å². The van der Waals surface area contributed by atoms with Crippen LogP contribution in [-0.2, 0) is 59.0 Å². The number of hydrogen-bond donors (Lipinski definition) is 3. The predicted molar refractivity (Wildman–Crippen MR) is 88.0 cm³/mol. The minimum absolute atomic E-state index is 0. The first-order chi connectivity index (χ1) is 6.61. The topological polar surface area (TPSA) is 78.1 Å². The molecule has 0 unspecified atom stereocenters. The van der Waals surface area contributed by atoms with Crippen LogP contribution in [0.15, 0.2) is 12.7 Å². The first-order valence-electron chi connectivity index (χ1n) is 2.91. The van der Waals surface area contributed by atoms with Crippen molar-refractivity contribution in [2.24, 2.45) is 17.2 Å². The van der Waals surface area contributed by atoms with Crippen LogP contribution < -0.4 is 17.2 Å². The normalized spacial score (nSPS) is 5.25. The zero-order chi connectivity index (χ0) is 13.4. The van der Waals surface area contributed by atoms with Crippen LogP contribution in [0.25, 0.3) is 0 Å². The molecule has 0 aliphatic rings. The molecule has 10 heteroatoms. The first-order valence-corrected chi connectivity index (χ1v) is 5.36. The molecule has 0 atom stereocenters. The molecular formula is C6H11MoN3S6. The van der Waals surface area contributed by atoms with Gasteiger partial charge in [-0.3, -0.25) is 0 Å². The molecule has 0 heterocycles. The van der Waals surface area contributed by atoms with Crippen LogP contribution in [-0.4, -0.2) is 13.0 Å². The van der Waals surface area contributed by atoms with Crippen LogP contribution in [0.1, 0.15) is 0 Å². The van der Waals surface area contributed by atoms with Crippen molar-refractivity contribution in [3.8, 4) is 0 Å². The average Bonchev–Trinajstić information content (AvgIpc) is 1.81. The molecule has 6 N–H and O–H groups in total. The van der Waals surface area contributed by atoms with Crippen molar-refractivity contribution in [2.45, 2.75) is 0 Å². The van der Waals surface area contributed by atoms with Crippen molar-refractivity contribution >= 4 is 87.5 Å². The molecule has 0 radical (unpaired) electrons. The molecular weight excluding hydrogens is 402 g/mol. The SMILES string of the molecule is C=C[CH2-].NC(=S)[S-].NC(=S)[S-].NC(=S)[S-].[Mo+4]. The zero-order valence-electron chi connectivity index (χ0n) is 8.08. The fourth-order valence-corrected chi connectivity index (χ4v) is 0. The molecule has 0 fully saturated rings. The van der Waals surface area contributed by atoms with Crippen LogP contribution in [0, 0.1) is 6.92 Å². The summed E-state index contributed by atoms with van der Waals surface area (Å²) in [4.78, 5) is 0. The Morgan fingerprint density at radius 1 is 0.938 bits per heavy atom. The molecule has 16 heavy (non-hydrogen) atoms. The van der Waals surface area contributed by atoms with Gasteiger partial charge in [-0.2, -0.15) is 0 Å². The fraction of sp³-hybridized carbons (Fsp3) is 0. The molecule has 0 aliphatic heterocycles. The van der Waals surface area contributed by atoms with Gasteiger partial charge in [-0.25, -0.2) is 19.6 Å². The molecule has 0 spiro atoms. The van der Waals surface area contributed by atoms with E-state index in [1.165, 1.54) is 6.08 Å². The van der Waals surface area contributed by atoms with Crippen molar-refractivity contribution < 1.29 is 21.1 Å². The van der Waals surface area contributed by atoms with Crippen molar-refractivity contribution in [1.29, 1.82) is 0 Å². The third-order valence-electron chi connectivity index (χ3n) is 0. The van der Waals surface area contributed by atoms with Gasteiger partial charge in [-0.15, -0.1) is 0 Å². The summed E-state index contributed by atoms with van der Waals surface area (Å²) in [6.07, 6.45) is 1.50. The number of hydrogen-bond acceptors (Lipinski definition) is 6. The Morgan fingerprint density at radius 2 is 0.938 bits per heavy atom. The van der Waals surface area contributed by atoms with Gasteiger partial charge >= 0.3 is 21.1 Å². The van der Waals surface area contributed by atoms with E-state index in [0.29, 0.717) is 0 Å². The summed E-state index contributed by atoms with van der Waals surface area (Å²) in [5.41, 5.74) is 14.0. The van der Waals surface area contributed by atoms with Crippen molar-refractivity contribution in [1.82, 2.24) is 0 Å². The summed E-state index contributed by atoms with van der Waals surface area (Å²) in [7, 11) is 0. The van der Waals surface area contributed by atoms with Gasteiger partial charge in [-0.1, -0.05) is 13.0 Å². The van der Waals surface area contributed by atoms with E-state index in [0.717, 1.165) is 0 Å². The Labute approximate surface area is 144 Å². The molecule has 0 saturated heterocycles. The Balaban J connectivity index is -0.0000000331. The maximum atomic E-state index is 4.66. The Morgan fingerprint density at radius 3 is 0.938 bits per heavy atom. The van der Waals surface area contributed by atoms with Crippen LogP contribution in [0.5, 0.6) is 0 Å². The quantitative estimate of drug-likeness (QED) is 0.225. The number of nitrogens with two attached hydrogens (primary N) is 3. The monoisotopic (exact) mass is 415 g/mol. The molecule has 0 aliphatic carbocycles. The standard InChI is InChI=1S/C3H5.3CH3NS2.Mo/c1-3-2;3*2-1(3)4;/h3H,1-2H2;3*(H3,2,3,4);/q-1;;;;+4/p-3. The van der Waals surface area contributed by atoms with Gasteiger partial charge in [0.15, 0.2) is 0 Å². The van der Waals surface area contributed by atoms with Gasteiger partial charge in [0.1, 0.15) is 0 Å². The van der Waals surface area contributed by atoms with Crippen molar-refractivity contribution in [3.63, 3.8) is 0 Å². The van der Waals surface area contributed by atoms with Crippen molar-refractivity contribution in [2.75, 3.05) is 0 Å². The van der Waals surface area contributed by atoms with E-state index in [1.807, 2.05) is 0 Å². The van der Waals surface area contributed by atoms with Crippen LogP contribution >= 0.6 is 36.7 Å². The van der Waals surface area contributed by atoms with Gasteiger partial charge in [0.05, 0.1) is 0 Å². The summed E-state index contributed by atoms with van der Waals surface area (Å²) >= 11 is 24.8. The van der Waals surface area contributed by atoms with Crippen molar-refractivity contribution in [3.05, 3.63) is 19.6 Å². The minimum Gasteiger partial charge on any atom is -0.415 e. The fourth-order valence-electron chi connectivity index (χ4n) is 0. The smallest absolute Gasteiger partial charge is 0.415 e. The maximum Gasteiger partial charge on any atom is 4.00 e. The van der Waals surface area contributed by atoms with Crippen LogP contribution in [0.2, 0.25) is 0 Å². The van der Waals surface area contributed by atoms with Gasteiger partial charge in [-0.05, 0) is 0 Å². The molecule has 0 rings (SSSR count). The molecule has 0 amide bonds. The largest absolute Gasteiger partial charge is 4.00 e. The second-order valence-electron chi connectivity index (χ2n) is 1.25. The van der Waals surface area contributed by atoms with Gasteiger partial charge < -0.3 is 91.7 Å². The predicted octanol–water partition coefficient (Wildman–Crippen LogP) is 0.335. The van der Waals surface area contributed by atoms with E-state index in [2.05, 4.69) is 105 Å². The number of rotatable bonds is 0. The Bertz CT molecular complexity index is 158. The van der Waals surface area contributed by atoms with Gasteiger partial charge in [0.25, 0.3) is 0 Å². The van der Waals surface area contributed by atoms with Crippen LogP contribution in [0.3, 0.4) is 0 Å². The summed E-state index contributed by atoms with van der Waals surface area (Å²) in [6, 6.07) is 0. The summed E-state index contributed by atoms with van der Waals surface area (Å²) < 4.78 is 0.250. The first kappa shape index (κ1) is 30.0. The zero-order valence-corrected chi connectivity index (χ0v) is 15.0. The van der Waals surface area contributed by atoms with E-state index in [4.69, 9.17) is 0 Å². The van der Waals surface area contributed by atoms with Gasteiger partial charge in [0, 0.05) is 0 Å². The number of allylic oxidation sites excluding steroid dienone is 1. The third kappa shape index (κ3) is 6880. The van der Waals surface area contributed by atoms with Crippen LogP contribution in [0.4, 0.5) is 0 Å². The summed E-state index contributed by atoms with van der Waals surface area (Å²) in [5.74, 6) is 0. The number of thiocarbonyl (C=S) groups is 3. The molecule has 92 valence electrons. The second kappa shape index (κ2) is 29.6. The molecule has 0 saturated carbocycles. The Kier molecular flexibility index (Phi) is 55.6. The molecule has 3 nitrogen and oxygen atoms in total. The third-order valence-corrected chi connectivity index (χ3v) is 0. The molecule has 0 aromatic heterocycles.